The minimum absolute atomic E-state index is 0.0102. The van der Waals surface area contributed by atoms with Gasteiger partial charge in [-0.25, -0.2) is 9.59 Å². The maximum Gasteiger partial charge on any atom is 0.338 e. The smallest absolute Gasteiger partial charge is 0.338 e. The average molecular weight is 586 g/mol. The van der Waals surface area contributed by atoms with Crippen molar-refractivity contribution in [2.75, 3.05) is 23.8 Å². The highest BCUT2D eigenvalue weighted by Crippen LogP contribution is 2.27. The lowest BCUT2D eigenvalue weighted by Gasteiger charge is -2.20. The number of carbonyl (C=O) groups excluding carboxylic acids is 6. The molecule has 0 aromatic heterocycles. The Morgan fingerprint density at radius 3 is 1.79 bits per heavy atom. The summed E-state index contributed by atoms with van der Waals surface area (Å²) in [5.41, 5.74) is 2.87. The highest BCUT2D eigenvalue weighted by atomic mass is 16.5. The topological polar surface area (TPSA) is 148 Å². The number of hydrogen-bond acceptors (Lipinski definition) is 8. The zero-order valence-electron chi connectivity index (χ0n) is 24.0. The van der Waals surface area contributed by atoms with Crippen molar-refractivity contribution in [2.24, 2.45) is 0 Å². The van der Waals surface area contributed by atoms with Crippen LogP contribution in [0, 0.1) is 0 Å². The fraction of sp³-hybridized carbons (Fsp3) is 0.250. The fourth-order valence-electron chi connectivity index (χ4n) is 4.59. The quantitative estimate of drug-likeness (QED) is 0.255. The van der Waals surface area contributed by atoms with E-state index in [0.717, 1.165) is 11.1 Å². The van der Waals surface area contributed by atoms with E-state index in [-0.39, 0.29) is 16.7 Å². The first kappa shape index (κ1) is 30.6. The molecule has 1 aliphatic heterocycles. The zero-order chi connectivity index (χ0) is 31.1. The van der Waals surface area contributed by atoms with Gasteiger partial charge in [-0.3, -0.25) is 24.1 Å². The number of esters is 2. The van der Waals surface area contributed by atoms with Crippen LogP contribution in [0.4, 0.5) is 11.4 Å². The summed E-state index contributed by atoms with van der Waals surface area (Å²) >= 11 is 0. The van der Waals surface area contributed by atoms with E-state index in [9.17, 15) is 28.8 Å². The van der Waals surface area contributed by atoms with Crippen molar-refractivity contribution in [2.45, 2.75) is 39.7 Å². The van der Waals surface area contributed by atoms with E-state index >= 15 is 0 Å². The first-order chi connectivity index (χ1) is 20.6. The zero-order valence-corrected chi connectivity index (χ0v) is 24.0. The van der Waals surface area contributed by atoms with E-state index in [4.69, 9.17) is 9.47 Å². The lowest BCUT2D eigenvalue weighted by Crippen LogP contribution is -2.44. The number of benzene rings is 3. The van der Waals surface area contributed by atoms with Crippen molar-refractivity contribution >= 4 is 46.9 Å². The second kappa shape index (κ2) is 13.6. The molecule has 0 bridgehead atoms. The molecule has 11 nitrogen and oxygen atoms in total. The van der Waals surface area contributed by atoms with Gasteiger partial charge in [0.15, 0.2) is 13.2 Å². The highest BCUT2D eigenvalue weighted by Gasteiger charge is 2.42. The molecule has 2 N–H and O–H groups in total. The Balaban J connectivity index is 1.34. The molecule has 0 aliphatic carbocycles. The van der Waals surface area contributed by atoms with Gasteiger partial charge in [0.2, 0.25) is 0 Å². The van der Waals surface area contributed by atoms with Gasteiger partial charge in [0, 0.05) is 11.4 Å². The van der Waals surface area contributed by atoms with E-state index in [2.05, 4.69) is 10.6 Å². The number of fused-ring (bicyclic) bond motifs is 1. The molecule has 1 atom stereocenters. The van der Waals surface area contributed by atoms with Gasteiger partial charge in [0.05, 0.1) is 16.7 Å². The van der Waals surface area contributed by atoms with Crippen molar-refractivity contribution in [3.8, 4) is 0 Å². The Bertz CT molecular complexity index is 1600. The largest absolute Gasteiger partial charge is 0.454 e. The van der Waals surface area contributed by atoms with Crippen LogP contribution in [0.25, 0.3) is 0 Å². The summed E-state index contributed by atoms with van der Waals surface area (Å²) in [6, 6.07) is 16.9. The van der Waals surface area contributed by atoms with Gasteiger partial charge >= 0.3 is 11.9 Å². The van der Waals surface area contributed by atoms with Gasteiger partial charge in [-0.1, -0.05) is 50.2 Å². The number of imide groups is 1. The molecule has 0 radical (unpaired) electrons. The van der Waals surface area contributed by atoms with Crippen LogP contribution in [0.1, 0.15) is 63.0 Å². The molecule has 11 heteroatoms. The average Bonchev–Trinajstić information content (AvgIpc) is 3.27. The highest BCUT2D eigenvalue weighted by molar-refractivity contribution is 6.23. The Labute approximate surface area is 248 Å². The molecule has 222 valence electrons. The number of carbonyl (C=O) groups is 6. The summed E-state index contributed by atoms with van der Waals surface area (Å²) in [6.07, 6.45) is 1.39. The van der Waals surface area contributed by atoms with Crippen LogP contribution in [-0.4, -0.2) is 59.7 Å². The third-order valence-corrected chi connectivity index (χ3v) is 6.91. The maximum absolute atomic E-state index is 13.1. The first-order valence-electron chi connectivity index (χ1n) is 13.8. The fourth-order valence-corrected chi connectivity index (χ4v) is 4.59. The molecular weight excluding hydrogens is 554 g/mol. The van der Waals surface area contributed by atoms with Gasteiger partial charge in [0.1, 0.15) is 6.04 Å². The molecule has 4 rings (SSSR count). The van der Waals surface area contributed by atoms with Gasteiger partial charge < -0.3 is 20.1 Å². The third-order valence-electron chi connectivity index (χ3n) is 6.91. The minimum atomic E-state index is -1.34. The number of anilines is 2. The van der Waals surface area contributed by atoms with E-state index in [0.29, 0.717) is 29.1 Å². The first-order valence-corrected chi connectivity index (χ1v) is 13.8. The minimum Gasteiger partial charge on any atom is -0.454 e. The number of nitrogens with zero attached hydrogens (tertiary/aromatic N) is 1. The SMILES string of the molecule is CCc1ccccc1NC(=O)COC(=O)c1ccc2c(c1)C(=O)N([C@@H](C)C(=O)OCC(=O)Nc1ccccc1CC)C2=O. The maximum atomic E-state index is 13.1. The van der Waals surface area contributed by atoms with Crippen LogP contribution in [-0.2, 0) is 36.7 Å². The Morgan fingerprint density at radius 1 is 0.721 bits per heavy atom. The number of amides is 4. The van der Waals surface area contributed by atoms with Crippen molar-refractivity contribution in [1.29, 1.82) is 0 Å². The Morgan fingerprint density at radius 2 is 1.23 bits per heavy atom. The predicted octanol–water partition coefficient (Wildman–Crippen LogP) is 3.77. The van der Waals surface area contributed by atoms with Gasteiger partial charge in [-0.2, -0.15) is 0 Å². The number of rotatable bonds is 11. The van der Waals surface area contributed by atoms with E-state index in [1.54, 1.807) is 24.3 Å². The summed E-state index contributed by atoms with van der Waals surface area (Å²) in [7, 11) is 0. The number of aryl methyl sites for hydroxylation is 2. The molecular formula is C32H31N3O8. The van der Waals surface area contributed by atoms with Gasteiger partial charge in [-0.05, 0) is 61.2 Å². The summed E-state index contributed by atoms with van der Waals surface area (Å²) < 4.78 is 10.2. The number of hydrogen-bond donors (Lipinski definition) is 2. The summed E-state index contributed by atoms with van der Waals surface area (Å²) in [6.45, 7) is 4.02. The van der Waals surface area contributed by atoms with Gasteiger partial charge in [-0.15, -0.1) is 0 Å². The second-order valence-corrected chi connectivity index (χ2v) is 9.72. The molecule has 0 fully saturated rings. The standard InChI is InChI=1S/C32H31N3O8/c1-4-20-10-6-8-12-25(20)33-27(36)17-42-31(40)19(3)35-29(38)23-15-14-22(16-24(23)30(35)39)32(41)43-18-28(37)34-26-13-9-7-11-21(26)5-2/h6-16,19H,4-5,17-18H2,1-3H3,(H,33,36)(H,34,37)/t19-/m0/s1. The predicted molar refractivity (Wildman–Crippen MR) is 157 cm³/mol. The van der Waals surface area contributed by atoms with Crippen molar-refractivity contribution < 1.29 is 38.2 Å². The molecule has 0 saturated heterocycles. The van der Waals surface area contributed by atoms with Crippen LogP contribution in [0.3, 0.4) is 0 Å². The summed E-state index contributed by atoms with van der Waals surface area (Å²) in [5.74, 6) is -4.50. The molecule has 4 amide bonds. The third kappa shape index (κ3) is 6.95. The van der Waals surface area contributed by atoms with Crippen LogP contribution >= 0.6 is 0 Å². The molecule has 43 heavy (non-hydrogen) atoms. The molecule has 3 aromatic rings. The number of ether oxygens (including phenoxy) is 2. The number of para-hydroxylation sites is 2. The normalized spacial score (nSPS) is 12.8. The molecule has 0 saturated carbocycles. The van der Waals surface area contributed by atoms with Crippen LogP contribution < -0.4 is 10.6 Å². The lowest BCUT2D eigenvalue weighted by molar-refractivity contribution is -0.150. The molecule has 0 spiro atoms. The van der Waals surface area contributed by atoms with Crippen molar-refractivity contribution in [1.82, 2.24) is 4.90 Å². The summed E-state index contributed by atoms with van der Waals surface area (Å²) in [4.78, 5) is 76.8. The Kier molecular flexibility index (Phi) is 9.66. The summed E-state index contributed by atoms with van der Waals surface area (Å²) in [5, 5.41) is 5.37. The van der Waals surface area contributed by atoms with Crippen LogP contribution in [0.15, 0.2) is 66.7 Å². The second-order valence-electron chi connectivity index (χ2n) is 9.72. The molecule has 3 aromatic carbocycles. The molecule has 1 aliphatic rings. The van der Waals surface area contributed by atoms with Crippen LogP contribution in [0.2, 0.25) is 0 Å². The van der Waals surface area contributed by atoms with Crippen molar-refractivity contribution in [3.05, 3.63) is 94.5 Å². The monoisotopic (exact) mass is 585 g/mol. The number of nitrogens with one attached hydrogen (secondary N) is 2. The van der Waals surface area contributed by atoms with E-state index in [1.165, 1.54) is 25.1 Å². The van der Waals surface area contributed by atoms with Crippen LogP contribution in [0.5, 0.6) is 0 Å². The van der Waals surface area contributed by atoms with Crippen molar-refractivity contribution in [3.63, 3.8) is 0 Å². The molecule has 1 heterocycles. The Hall–Kier alpha value is -5.32. The van der Waals surface area contributed by atoms with E-state index in [1.807, 2.05) is 38.1 Å². The lowest BCUT2D eigenvalue weighted by atomic mass is 10.1. The van der Waals surface area contributed by atoms with Gasteiger partial charge in [0.25, 0.3) is 23.6 Å². The van der Waals surface area contributed by atoms with E-state index < -0.39 is 54.8 Å². The molecule has 0 unspecified atom stereocenters.